The molecule has 1 atom stereocenters. The van der Waals surface area contributed by atoms with Crippen molar-refractivity contribution in [3.63, 3.8) is 0 Å². The minimum absolute atomic E-state index is 0.687. The van der Waals surface area contributed by atoms with E-state index in [0.29, 0.717) is 5.92 Å². The van der Waals surface area contributed by atoms with E-state index in [9.17, 15) is 0 Å². The number of nitrogens with zero attached hydrogens (tertiary/aromatic N) is 1. The Balaban J connectivity index is 1.42. The molecule has 1 aromatic carbocycles. The fourth-order valence-corrected chi connectivity index (χ4v) is 3.21. The second-order valence-corrected chi connectivity index (χ2v) is 6.35. The first kappa shape index (κ1) is 14.6. The molecule has 2 heterocycles. The molecular formula is C18H26N2O. The van der Waals surface area contributed by atoms with Crippen molar-refractivity contribution in [3.8, 4) is 0 Å². The minimum atomic E-state index is 0.687. The van der Waals surface area contributed by atoms with E-state index >= 15 is 0 Å². The van der Waals surface area contributed by atoms with Crippen LogP contribution in [0.4, 0.5) is 0 Å². The van der Waals surface area contributed by atoms with E-state index in [4.69, 9.17) is 4.42 Å². The summed E-state index contributed by atoms with van der Waals surface area (Å²) in [5.41, 5.74) is 0.982. The molecule has 0 amide bonds. The summed E-state index contributed by atoms with van der Waals surface area (Å²) in [6.45, 7) is 7.99. The van der Waals surface area contributed by atoms with Gasteiger partial charge >= 0.3 is 0 Å². The Morgan fingerprint density at radius 3 is 2.81 bits per heavy atom. The Morgan fingerprint density at radius 2 is 2.00 bits per heavy atom. The van der Waals surface area contributed by atoms with Gasteiger partial charge in [0.15, 0.2) is 0 Å². The van der Waals surface area contributed by atoms with Gasteiger partial charge < -0.3 is 14.6 Å². The third-order valence-corrected chi connectivity index (χ3v) is 4.29. The molecule has 1 fully saturated rings. The predicted molar refractivity (Wildman–Crippen MR) is 87.4 cm³/mol. The van der Waals surface area contributed by atoms with Gasteiger partial charge in [-0.2, -0.15) is 0 Å². The Hall–Kier alpha value is -1.32. The van der Waals surface area contributed by atoms with Crippen molar-refractivity contribution in [1.29, 1.82) is 0 Å². The van der Waals surface area contributed by atoms with Crippen molar-refractivity contribution < 1.29 is 4.42 Å². The largest absolute Gasteiger partial charge is 0.460 e. The van der Waals surface area contributed by atoms with Gasteiger partial charge in [0.1, 0.15) is 11.3 Å². The summed E-state index contributed by atoms with van der Waals surface area (Å²) in [6.07, 6.45) is 4.16. The highest BCUT2D eigenvalue weighted by molar-refractivity contribution is 5.77. The SMILES string of the molecule is CC(CNCc1cc2ccccc2o1)CN1CCCCC1. The molecule has 1 unspecified atom stereocenters. The highest BCUT2D eigenvalue weighted by Gasteiger charge is 2.13. The second kappa shape index (κ2) is 7.10. The average Bonchev–Trinajstić information content (AvgIpc) is 2.91. The lowest BCUT2D eigenvalue weighted by molar-refractivity contribution is 0.198. The van der Waals surface area contributed by atoms with Crippen molar-refractivity contribution in [2.75, 3.05) is 26.2 Å². The van der Waals surface area contributed by atoms with Crippen LogP contribution in [0.2, 0.25) is 0 Å². The number of fused-ring (bicyclic) bond motifs is 1. The fourth-order valence-electron chi connectivity index (χ4n) is 3.21. The normalized spacial score (nSPS) is 18.1. The number of hydrogen-bond donors (Lipinski definition) is 1. The summed E-state index contributed by atoms with van der Waals surface area (Å²) >= 11 is 0. The van der Waals surface area contributed by atoms with Crippen molar-refractivity contribution in [2.24, 2.45) is 5.92 Å². The molecule has 3 heteroatoms. The summed E-state index contributed by atoms with van der Waals surface area (Å²) in [7, 11) is 0. The number of furan rings is 1. The maximum atomic E-state index is 5.83. The first-order chi connectivity index (χ1) is 10.3. The molecule has 0 radical (unpaired) electrons. The number of rotatable bonds is 6. The lowest BCUT2D eigenvalue weighted by Gasteiger charge is -2.29. The van der Waals surface area contributed by atoms with E-state index in [1.54, 1.807) is 0 Å². The van der Waals surface area contributed by atoms with Gasteiger partial charge in [0, 0.05) is 11.9 Å². The zero-order chi connectivity index (χ0) is 14.5. The second-order valence-electron chi connectivity index (χ2n) is 6.35. The summed E-state index contributed by atoms with van der Waals surface area (Å²) in [6, 6.07) is 10.3. The molecule has 21 heavy (non-hydrogen) atoms. The number of likely N-dealkylation sites (tertiary alicyclic amines) is 1. The third kappa shape index (κ3) is 4.08. The molecule has 1 aromatic heterocycles. The Morgan fingerprint density at radius 1 is 1.19 bits per heavy atom. The van der Waals surface area contributed by atoms with Gasteiger partial charge in [-0.3, -0.25) is 0 Å². The van der Waals surface area contributed by atoms with E-state index in [1.807, 2.05) is 12.1 Å². The van der Waals surface area contributed by atoms with Crippen LogP contribution in [0, 0.1) is 5.92 Å². The van der Waals surface area contributed by atoms with E-state index < -0.39 is 0 Å². The maximum Gasteiger partial charge on any atom is 0.134 e. The van der Waals surface area contributed by atoms with Gasteiger partial charge in [-0.05, 0) is 50.5 Å². The molecule has 1 aliphatic heterocycles. The van der Waals surface area contributed by atoms with Crippen LogP contribution >= 0.6 is 0 Å². The Bertz CT molecular complexity index is 524. The molecule has 2 aromatic rings. The van der Waals surface area contributed by atoms with Gasteiger partial charge in [-0.25, -0.2) is 0 Å². The monoisotopic (exact) mass is 286 g/mol. The molecule has 1 saturated heterocycles. The fraction of sp³-hybridized carbons (Fsp3) is 0.556. The molecule has 0 saturated carbocycles. The van der Waals surface area contributed by atoms with Crippen LogP contribution < -0.4 is 5.32 Å². The summed E-state index contributed by atoms with van der Waals surface area (Å²) in [4.78, 5) is 2.61. The first-order valence-electron chi connectivity index (χ1n) is 8.22. The number of para-hydroxylation sites is 1. The average molecular weight is 286 g/mol. The number of benzene rings is 1. The Labute approximate surface area is 127 Å². The van der Waals surface area contributed by atoms with Crippen LogP contribution in [0.1, 0.15) is 31.9 Å². The van der Waals surface area contributed by atoms with Gasteiger partial charge in [0.25, 0.3) is 0 Å². The molecule has 3 rings (SSSR count). The lowest BCUT2D eigenvalue weighted by atomic mass is 10.1. The topological polar surface area (TPSA) is 28.4 Å². The summed E-state index contributed by atoms with van der Waals surface area (Å²) in [5, 5.41) is 4.72. The third-order valence-electron chi connectivity index (χ3n) is 4.29. The van der Waals surface area contributed by atoms with Crippen molar-refractivity contribution in [1.82, 2.24) is 10.2 Å². The molecule has 1 N–H and O–H groups in total. The molecule has 0 aliphatic carbocycles. The number of hydrogen-bond acceptors (Lipinski definition) is 3. The van der Waals surface area contributed by atoms with Crippen LogP contribution in [0.25, 0.3) is 11.0 Å². The van der Waals surface area contributed by atoms with Gasteiger partial charge in [-0.15, -0.1) is 0 Å². The van der Waals surface area contributed by atoms with Crippen LogP contribution in [-0.4, -0.2) is 31.1 Å². The van der Waals surface area contributed by atoms with Crippen molar-refractivity contribution >= 4 is 11.0 Å². The first-order valence-corrected chi connectivity index (χ1v) is 8.22. The maximum absolute atomic E-state index is 5.83. The van der Waals surface area contributed by atoms with E-state index in [0.717, 1.165) is 24.4 Å². The van der Waals surface area contributed by atoms with Crippen LogP contribution in [0.3, 0.4) is 0 Å². The Kier molecular flexibility index (Phi) is 4.94. The number of piperidine rings is 1. The van der Waals surface area contributed by atoms with Crippen LogP contribution in [0.5, 0.6) is 0 Å². The standard InChI is InChI=1S/C18H26N2O/c1-15(14-20-9-5-2-6-10-20)12-19-13-17-11-16-7-3-4-8-18(16)21-17/h3-4,7-8,11,15,19H,2,5-6,9-10,12-14H2,1H3. The summed E-state index contributed by atoms with van der Waals surface area (Å²) < 4.78 is 5.83. The zero-order valence-corrected chi connectivity index (χ0v) is 13.0. The van der Waals surface area contributed by atoms with E-state index in [1.165, 1.54) is 44.3 Å². The smallest absolute Gasteiger partial charge is 0.134 e. The van der Waals surface area contributed by atoms with Crippen molar-refractivity contribution in [2.45, 2.75) is 32.7 Å². The molecular weight excluding hydrogens is 260 g/mol. The van der Waals surface area contributed by atoms with Crippen LogP contribution in [-0.2, 0) is 6.54 Å². The minimum Gasteiger partial charge on any atom is -0.460 e. The van der Waals surface area contributed by atoms with Gasteiger partial charge in [0.2, 0.25) is 0 Å². The molecule has 0 spiro atoms. The van der Waals surface area contributed by atoms with Gasteiger partial charge in [0.05, 0.1) is 6.54 Å². The van der Waals surface area contributed by atoms with E-state index in [-0.39, 0.29) is 0 Å². The summed E-state index contributed by atoms with van der Waals surface area (Å²) in [5.74, 6) is 1.72. The van der Waals surface area contributed by atoms with E-state index in [2.05, 4.69) is 35.3 Å². The number of nitrogens with one attached hydrogen (secondary N) is 1. The highest BCUT2D eigenvalue weighted by atomic mass is 16.3. The molecule has 114 valence electrons. The predicted octanol–water partition coefficient (Wildman–Crippen LogP) is 3.64. The quantitative estimate of drug-likeness (QED) is 0.878. The van der Waals surface area contributed by atoms with Crippen molar-refractivity contribution in [3.05, 3.63) is 36.1 Å². The molecule has 1 aliphatic rings. The zero-order valence-electron chi connectivity index (χ0n) is 13.0. The molecule has 0 bridgehead atoms. The highest BCUT2D eigenvalue weighted by Crippen LogP contribution is 2.18. The van der Waals surface area contributed by atoms with Crippen LogP contribution in [0.15, 0.2) is 34.7 Å². The lowest BCUT2D eigenvalue weighted by Crippen LogP contribution is -2.36. The van der Waals surface area contributed by atoms with Gasteiger partial charge in [-0.1, -0.05) is 31.5 Å². The molecule has 3 nitrogen and oxygen atoms in total.